The summed E-state index contributed by atoms with van der Waals surface area (Å²) in [4.78, 5) is 54.0. The lowest BCUT2D eigenvalue weighted by Gasteiger charge is -2.49. The fourth-order valence-corrected chi connectivity index (χ4v) is 10.2. The van der Waals surface area contributed by atoms with Gasteiger partial charge in [-0.3, -0.25) is 29.3 Å². The van der Waals surface area contributed by atoms with Crippen LogP contribution in [0.2, 0.25) is 5.02 Å². The highest BCUT2D eigenvalue weighted by Gasteiger charge is 2.51. The van der Waals surface area contributed by atoms with Gasteiger partial charge in [0.15, 0.2) is 12.4 Å². The van der Waals surface area contributed by atoms with Crippen LogP contribution >= 0.6 is 11.6 Å². The fraction of sp³-hybridized carbons (Fsp3) is 0.511. The first-order chi connectivity index (χ1) is 30.5. The van der Waals surface area contributed by atoms with Crippen LogP contribution in [0.3, 0.4) is 0 Å². The SMILES string of the molecule is Cn1nc(C2CCC(=O)NC2=O)c2ccc(N3CCN(CC4CCN(c5ncc(Cl)c(Nc6cc7c8c(c(=O)n(C)c7cc6F)OCC(F)(F)C(C6CC6)N8)n5)CC4)C(C)(C)C3)cc21. The van der Waals surface area contributed by atoms with Gasteiger partial charge in [-0.15, -0.1) is 0 Å². The molecule has 4 aliphatic heterocycles. The molecule has 0 spiro atoms. The van der Waals surface area contributed by atoms with Crippen LogP contribution in [0.25, 0.3) is 21.8 Å². The van der Waals surface area contributed by atoms with E-state index in [2.05, 4.69) is 67.7 Å². The van der Waals surface area contributed by atoms with E-state index >= 15 is 13.2 Å². The number of fused-ring (bicyclic) bond motifs is 4. The predicted octanol–water partition coefficient (Wildman–Crippen LogP) is 6.31. The maximum Gasteiger partial charge on any atom is 0.301 e. The quantitative estimate of drug-likeness (QED) is 0.150. The molecular formula is C45H51ClF3N11O4. The van der Waals surface area contributed by atoms with Crippen LogP contribution in [-0.4, -0.2) is 104 Å². The van der Waals surface area contributed by atoms with Gasteiger partial charge >= 0.3 is 5.92 Å². The summed E-state index contributed by atoms with van der Waals surface area (Å²) < 4.78 is 54.7. The second-order valence-corrected chi connectivity index (χ2v) is 19.1. The third-order valence-corrected chi connectivity index (χ3v) is 14.2. The number of ether oxygens (including phenoxy) is 1. The topological polar surface area (TPSA) is 155 Å². The third-order valence-electron chi connectivity index (χ3n) is 13.9. The first-order valence-electron chi connectivity index (χ1n) is 22.0. The molecule has 19 heteroatoms. The Morgan fingerprint density at radius 2 is 1.73 bits per heavy atom. The number of halogens is 4. The van der Waals surface area contributed by atoms with E-state index in [0.29, 0.717) is 48.6 Å². The molecule has 7 heterocycles. The van der Waals surface area contributed by atoms with Crippen molar-refractivity contribution in [2.24, 2.45) is 25.9 Å². The number of nitrogens with zero attached hydrogens (tertiary/aromatic N) is 8. The average molecular weight is 902 g/mol. The summed E-state index contributed by atoms with van der Waals surface area (Å²) in [6.45, 7) is 8.64. The largest absolute Gasteiger partial charge is 0.480 e. The van der Waals surface area contributed by atoms with Gasteiger partial charge in [0, 0.05) is 87.8 Å². The minimum Gasteiger partial charge on any atom is -0.480 e. The van der Waals surface area contributed by atoms with Gasteiger partial charge in [0.25, 0.3) is 5.56 Å². The number of carbonyl (C=O) groups excluding carboxylic acids is 2. The summed E-state index contributed by atoms with van der Waals surface area (Å²) in [7, 11) is 3.35. The third kappa shape index (κ3) is 7.65. The molecule has 338 valence electrons. The number of hydrogen-bond donors (Lipinski definition) is 3. The van der Waals surface area contributed by atoms with E-state index in [1.165, 1.54) is 29.9 Å². The van der Waals surface area contributed by atoms with Gasteiger partial charge in [0.2, 0.25) is 23.5 Å². The highest BCUT2D eigenvalue weighted by Crippen LogP contribution is 2.46. The summed E-state index contributed by atoms with van der Waals surface area (Å²) in [5.74, 6) is -4.26. The maximum atomic E-state index is 15.8. The van der Waals surface area contributed by atoms with E-state index in [0.717, 1.165) is 68.7 Å². The number of pyridine rings is 1. The van der Waals surface area contributed by atoms with Crippen molar-refractivity contribution in [3.05, 3.63) is 63.4 Å². The molecule has 64 heavy (non-hydrogen) atoms. The number of rotatable bonds is 8. The second-order valence-electron chi connectivity index (χ2n) is 18.7. The summed E-state index contributed by atoms with van der Waals surface area (Å²) in [6.07, 6.45) is 5.38. The van der Waals surface area contributed by atoms with Crippen molar-refractivity contribution in [1.29, 1.82) is 0 Å². The number of aryl methyl sites for hydroxylation is 2. The molecular weight excluding hydrogens is 851 g/mol. The second kappa shape index (κ2) is 15.8. The number of nitrogens with one attached hydrogen (secondary N) is 3. The van der Waals surface area contributed by atoms with Crippen molar-refractivity contribution < 1.29 is 27.5 Å². The first kappa shape index (κ1) is 42.3. The maximum absolute atomic E-state index is 15.8. The molecule has 0 bridgehead atoms. The molecule has 2 aromatic carbocycles. The normalized spacial score (nSPS) is 22.8. The fourth-order valence-electron chi connectivity index (χ4n) is 10.1. The number of piperazine rings is 1. The molecule has 2 atom stereocenters. The summed E-state index contributed by atoms with van der Waals surface area (Å²) in [5, 5.41) is 14.6. The van der Waals surface area contributed by atoms with Crippen molar-refractivity contribution in [3.8, 4) is 5.75 Å². The highest BCUT2D eigenvalue weighted by molar-refractivity contribution is 6.33. The first-order valence-corrected chi connectivity index (χ1v) is 22.4. The number of hydrogen-bond acceptors (Lipinski definition) is 12. The molecule has 0 radical (unpaired) electrons. The van der Waals surface area contributed by atoms with Crippen molar-refractivity contribution in [2.45, 2.75) is 75.8 Å². The van der Waals surface area contributed by atoms with Crippen LogP contribution in [0, 0.1) is 17.7 Å². The van der Waals surface area contributed by atoms with E-state index in [1.54, 1.807) is 0 Å². The number of alkyl halides is 2. The van der Waals surface area contributed by atoms with Gasteiger partial charge in [-0.2, -0.15) is 10.1 Å². The average Bonchev–Trinajstić information content (AvgIpc) is 4.06. The molecule has 2 amide bonds. The Morgan fingerprint density at radius 3 is 2.47 bits per heavy atom. The molecule has 3 saturated heterocycles. The number of anilines is 5. The van der Waals surface area contributed by atoms with Crippen LogP contribution in [0.4, 0.5) is 42.0 Å². The van der Waals surface area contributed by atoms with Crippen molar-refractivity contribution in [1.82, 2.24) is 34.5 Å². The number of piperidine rings is 2. The summed E-state index contributed by atoms with van der Waals surface area (Å²) in [5.41, 5.74) is 2.36. The van der Waals surface area contributed by atoms with Crippen LogP contribution in [0.5, 0.6) is 5.75 Å². The zero-order valence-corrected chi connectivity index (χ0v) is 36.9. The number of aromatic nitrogens is 5. The van der Waals surface area contributed by atoms with Crippen LogP contribution < -0.4 is 36.0 Å². The zero-order chi connectivity index (χ0) is 44.8. The van der Waals surface area contributed by atoms with Crippen LogP contribution in [0.15, 0.2) is 41.3 Å². The molecule has 4 fully saturated rings. The Morgan fingerprint density at radius 1 is 0.953 bits per heavy atom. The Labute approximate surface area is 372 Å². The van der Waals surface area contributed by atoms with E-state index < -0.39 is 35.9 Å². The smallest absolute Gasteiger partial charge is 0.301 e. The lowest BCUT2D eigenvalue weighted by atomic mass is 9.91. The minimum absolute atomic E-state index is 0.00135. The molecule has 5 aliphatic rings. The number of carbonyl (C=O) groups is 2. The molecule has 1 saturated carbocycles. The minimum atomic E-state index is -3.21. The van der Waals surface area contributed by atoms with E-state index in [1.807, 2.05) is 11.7 Å². The molecule has 3 aromatic heterocycles. The Bertz CT molecular complexity index is 2770. The van der Waals surface area contributed by atoms with Crippen LogP contribution in [0.1, 0.15) is 64.0 Å². The highest BCUT2D eigenvalue weighted by atomic mass is 35.5. The summed E-state index contributed by atoms with van der Waals surface area (Å²) >= 11 is 6.59. The van der Waals surface area contributed by atoms with Gasteiger partial charge in [-0.05, 0) is 82.1 Å². The number of amides is 2. The molecule has 3 N–H and O–H groups in total. The monoisotopic (exact) mass is 901 g/mol. The van der Waals surface area contributed by atoms with Crippen LogP contribution in [-0.2, 0) is 23.7 Å². The zero-order valence-electron chi connectivity index (χ0n) is 36.2. The molecule has 2 unspecified atom stereocenters. The Kier molecular flexibility index (Phi) is 10.5. The Hall–Kier alpha value is -5.62. The summed E-state index contributed by atoms with van der Waals surface area (Å²) in [6, 6.07) is 7.75. The van der Waals surface area contributed by atoms with Gasteiger partial charge in [0.05, 0.1) is 46.3 Å². The van der Waals surface area contributed by atoms with Gasteiger partial charge in [-0.25, -0.2) is 18.2 Å². The number of imide groups is 1. The standard InChI is InChI=1S/C45H51ClF3N11O4/c1-44(2)22-59(26-7-8-27-34(17-26)57(4)55-36(27)28-9-10-35(61)52-41(28)62)15-16-60(44)21-24-11-13-58(14-12-24)43-50-20-30(46)40(54-43)51-32-18-29-33(19-31(32)47)56(3)42(63)38-37(29)53-39(25-5-6-25)45(48,49)23-64-38/h7-8,17-20,24-25,28,39,53H,5-6,9-16,21-23H2,1-4H3,(H,50,51,54)(H,52,61,62). The predicted molar refractivity (Wildman–Crippen MR) is 239 cm³/mol. The molecule has 5 aromatic rings. The van der Waals surface area contributed by atoms with Gasteiger partial charge < -0.3 is 29.7 Å². The van der Waals surface area contributed by atoms with Gasteiger partial charge in [0.1, 0.15) is 10.8 Å². The van der Waals surface area contributed by atoms with E-state index in [9.17, 15) is 14.4 Å². The lowest BCUT2D eigenvalue weighted by Crippen LogP contribution is -2.60. The van der Waals surface area contributed by atoms with Gasteiger partial charge in [-0.1, -0.05) is 11.6 Å². The Balaban J connectivity index is 0.796. The van der Waals surface area contributed by atoms with Crippen molar-refractivity contribution in [2.75, 3.05) is 66.3 Å². The van der Waals surface area contributed by atoms with Crippen molar-refractivity contribution in [3.63, 3.8) is 0 Å². The molecule has 10 rings (SSSR count). The number of benzene rings is 2. The van der Waals surface area contributed by atoms with E-state index in [4.69, 9.17) is 26.4 Å². The van der Waals surface area contributed by atoms with E-state index in [-0.39, 0.29) is 56.8 Å². The molecule has 1 aliphatic carbocycles. The van der Waals surface area contributed by atoms with Crippen molar-refractivity contribution >= 4 is 74.0 Å². The lowest BCUT2D eigenvalue weighted by molar-refractivity contribution is -0.134. The molecule has 15 nitrogen and oxygen atoms in total.